The number of fused-ring (bicyclic) bond motifs is 3. The summed E-state index contributed by atoms with van der Waals surface area (Å²) in [5.74, 6) is 1.37. The van der Waals surface area contributed by atoms with Gasteiger partial charge in [-0.15, -0.1) is 0 Å². The van der Waals surface area contributed by atoms with Crippen molar-refractivity contribution >= 4 is 22.3 Å². The molecular formula is C23H18NO2+. The number of aromatic nitrogens is 1. The van der Waals surface area contributed by atoms with Crippen molar-refractivity contribution < 1.29 is 13.4 Å². The number of hydrogen-bond donors (Lipinski definition) is 0. The maximum absolute atomic E-state index is 6.14. The van der Waals surface area contributed by atoms with Gasteiger partial charge in [-0.3, -0.25) is 0 Å². The summed E-state index contributed by atoms with van der Waals surface area (Å²) in [6.07, 6.45) is 0. The number of oxazole rings is 1. The van der Waals surface area contributed by atoms with Crippen LogP contribution in [-0.2, 0) is 7.05 Å². The van der Waals surface area contributed by atoms with Crippen LogP contribution in [0, 0.1) is 6.92 Å². The van der Waals surface area contributed by atoms with Gasteiger partial charge in [-0.1, -0.05) is 54.6 Å². The van der Waals surface area contributed by atoms with E-state index in [-0.39, 0.29) is 0 Å². The number of nitrogens with zero attached hydrogens (tertiary/aromatic N) is 1. The molecule has 0 spiro atoms. The van der Waals surface area contributed by atoms with Gasteiger partial charge in [0.2, 0.25) is 0 Å². The Kier molecular flexibility index (Phi) is 3.22. The average Bonchev–Trinajstić information content (AvgIpc) is 3.19. The topological polar surface area (TPSA) is 30.2 Å². The molecular weight excluding hydrogens is 322 g/mol. The van der Waals surface area contributed by atoms with Crippen LogP contribution in [0.2, 0.25) is 0 Å². The second-order valence-electron chi connectivity index (χ2n) is 6.60. The Morgan fingerprint density at radius 3 is 2.38 bits per heavy atom. The van der Waals surface area contributed by atoms with Crippen LogP contribution < -0.4 is 4.57 Å². The number of hydrogen-bond acceptors (Lipinski definition) is 2. The van der Waals surface area contributed by atoms with E-state index in [2.05, 4.69) is 60.0 Å². The van der Waals surface area contributed by atoms with E-state index in [9.17, 15) is 0 Å². The largest absolute Gasteiger partial charge is 0.420 e. The number of para-hydroxylation sites is 1. The predicted octanol–water partition coefficient (Wildman–Crippen LogP) is 5.65. The molecule has 0 amide bonds. The van der Waals surface area contributed by atoms with Crippen LogP contribution in [-0.4, -0.2) is 0 Å². The van der Waals surface area contributed by atoms with E-state index in [1.165, 1.54) is 16.7 Å². The van der Waals surface area contributed by atoms with E-state index < -0.39 is 0 Å². The first-order valence-electron chi connectivity index (χ1n) is 8.69. The lowest BCUT2D eigenvalue weighted by Gasteiger charge is -2.05. The molecule has 0 aliphatic heterocycles. The Balaban J connectivity index is 1.74. The summed E-state index contributed by atoms with van der Waals surface area (Å²) in [6.45, 7) is 2.10. The van der Waals surface area contributed by atoms with Gasteiger partial charge in [0.25, 0.3) is 0 Å². The Hall–Kier alpha value is -3.33. The first-order valence-corrected chi connectivity index (χ1v) is 8.69. The standard InChI is InChI=1S/C23H18NO2/c1-15-12-13-17(16-8-4-3-5-9-16)14-19(15)22-24(2)21-18-10-6-7-11-20(18)25-23(21)26-22/h3-14H,1-2H3/q+1. The highest BCUT2D eigenvalue weighted by Gasteiger charge is 2.28. The van der Waals surface area contributed by atoms with Gasteiger partial charge >= 0.3 is 17.2 Å². The van der Waals surface area contributed by atoms with Crippen molar-refractivity contribution in [2.24, 2.45) is 7.05 Å². The van der Waals surface area contributed by atoms with Crippen LogP contribution in [0.5, 0.6) is 0 Å². The summed E-state index contributed by atoms with van der Waals surface area (Å²) in [5.41, 5.74) is 6.43. The molecule has 0 radical (unpaired) electrons. The third kappa shape index (κ3) is 2.17. The predicted molar refractivity (Wildman–Crippen MR) is 103 cm³/mol. The monoisotopic (exact) mass is 340 g/mol. The third-order valence-electron chi connectivity index (χ3n) is 4.94. The fraction of sp³-hybridized carbons (Fsp3) is 0.0870. The van der Waals surface area contributed by atoms with Crippen molar-refractivity contribution in [3.63, 3.8) is 0 Å². The molecule has 0 atom stereocenters. The molecule has 0 bridgehead atoms. The van der Waals surface area contributed by atoms with Crippen molar-refractivity contribution in [2.75, 3.05) is 0 Å². The quantitative estimate of drug-likeness (QED) is 0.389. The van der Waals surface area contributed by atoms with Gasteiger partial charge in [-0.05, 0) is 41.8 Å². The number of rotatable bonds is 2. The van der Waals surface area contributed by atoms with Crippen molar-refractivity contribution in [3.05, 3.63) is 78.4 Å². The SMILES string of the molecule is Cc1ccc(-c2ccccc2)cc1-c1oc2oc3ccccc3c2[n+]1C. The Morgan fingerprint density at radius 2 is 1.54 bits per heavy atom. The maximum atomic E-state index is 6.14. The van der Waals surface area contributed by atoms with E-state index in [1.54, 1.807) is 0 Å². The first kappa shape index (κ1) is 15.0. The Labute approximate surface area is 151 Å². The summed E-state index contributed by atoms with van der Waals surface area (Å²) in [6, 6.07) is 24.9. The molecule has 0 fully saturated rings. The lowest BCUT2D eigenvalue weighted by Crippen LogP contribution is -2.28. The van der Waals surface area contributed by atoms with Crippen molar-refractivity contribution in [2.45, 2.75) is 6.92 Å². The molecule has 0 aliphatic rings. The molecule has 0 unspecified atom stereocenters. The fourth-order valence-corrected chi connectivity index (χ4v) is 3.55. The summed E-state index contributed by atoms with van der Waals surface area (Å²) >= 11 is 0. The minimum atomic E-state index is 0.563. The summed E-state index contributed by atoms with van der Waals surface area (Å²) < 4.78 is 14.1. The van der Waals surface area contributed by atoms with Crippen LogP contribution in [0.25, 0.3) is 44.8 Å². The van der Waals surface area contributed by atoms with Crippen LogP contribution in [0.4, 0.5) is 0 Å². The van der Waals surface area contributed by atoms with E-state index in [4.69, 9.17) is 8.83 Å². The zero-order valence-corrected chi connectivity index (χ0v) is 14.7. The Morgan fingerprint density at radius 1 is 0.769 bits per heavy atom. The van der Waals surface area contributed by atoms with Crippen molar-refractivity contribution in [1.29, 1.82) is 0 Å². The molecule has 2 aromatic heterocycles. The summed E-state index contributed by atoms with van der Waals surface area (Å²) in [7, 11) is 2.03. The molecule has 2 heterocycles. The zero-order chi connectivity index (χ0) is 17.7. The van der Waals surface area contributed by atoms with Crippen LogP contribution in [0.15, 0.2) is 81.6 Å². The lowest BCUT2D eigenvalue weighted by molar-refractivity contribution is -0.636. The van der Waals surface area contributed by atoms with Gasteiger partial charge in [-0.2, -0.15) is 4.57 Å². The van der Waals surface area contributed by atoms with Gasteiger partial charge in [0, 0.05) is 0 Å². The Bertz CT molecular complexity index is 1250. The van der Waals surface area contributed by atoms with Crippen molar-refractivity contribution in [1.82, 2.24) is 0 Å². The maximum Gasteiger partial charge on any atom is 0.384 e. The summed E-state index contributed by atoms with van der Waals surface area (Å²) in [4.78, 5) is 0. The van der Waals surface area contributed by atoms with E-state index in [1.807, 2.05) is 31.3 Å². The molecule has 5 rings (SSSR count). The molecule has 5 aromatic rings. The lowest BCUT2D eigenvalue weighted by atomic mass is 9.99. The fourth-order valence-electron chi connectivity index (χ4n) is 3.55. The highest BCUT2D eigenvalue weighted by Crippen LogP contribution is 2.33. The third-order valence-corrected chi connectivity index (χ3v) is 4.94. The van der Waals surface area contributed by atoms with Gasteiger partial charge in [0.15, 0.2) is 0 Å². The molecule has 0 saturated heterocycles. The second kappa shape index (κ2) is 5.60. The van der Waals surface area contributed by atoms with E-state index >= 15 is 0 Å². The van der Waals surface area contributed by atoms with E-state index in [0.29, 0.717) is 5.78 Å². The van der Waals surface area contributed by atoms with Crippen molar-refractivity contribution in [3.8, 4) is 22.6 Å². The number of aryl methyl sites for hydroxylation is 2. The molecule has 3 aromatic carbocycles. The van der Waals surface area contributed by atoms with Gasteiger partial charge in [0.1, 0.15) is 12.6 Å². The minimum Gasteiger partial charge on any atom is -0.420 e. The van der Waals surface area contributed by atoms with Crippen LogP contribution >= 0.6 is 0 Å². The first-order chi connectivity index (χ1) is 12.7. The molecule has 0 N–H and O–H groups in total. The molecule has 3 nitrogen and oxygen atoms in total. The van der Waals surface area contributed by atoms with Crippen LogP contribution in [0.1, 0.15) is 5.56 Å². The van der Waals surface area contributed by atoms with Gasteiger partial charge < -0.3 is 8.83 Å². The number of benzene rings is 3. The van der Waals surface area contributed by atoms with Crippen LogP contribution in [0.3, 0.4) is 0 Å². The second-order valence-corrected chi connectivity index (χ2v) is 6.60. The zero-order valence-electron chi connectivity index (χ0n) is 14.7. The highest BCUT2D eigenvalue weighted by molar-refractivity contribution is 5.98. The molecule has 0 saturated carbocycles. The van der Waals surface area contributed by atoms with Gasteiger partial charge in [-0.25, -0.2) is 0 Å². The molecule has 0 aliphatic carbocycles. The molecule has 3 heteroatoms. The summed E-state index contributed by atoms with van der Waals surface area (Å²) in [5, 5.41) is 1.07. The van der Waals surface area contributed by atoms with Gasteiger partial charge in [0.05, 0.1) is 10.9 Å². The smallest absolute Gasteiger partial charge is 0.384 e. The number of furan rings is 1. The van der Waals surface area contributed by atoms with E-state index in [0.717, 1.165) is 27.9 Å². The normalized spacial score (nSPS) is 11.5. The molecule has 126 valence electrons. The molecule has 26 heavy (non-hydrogen) atoms. The minimum absolute atomic E-state index is 0.563. The average molecular weight is 340 g/mol. The highest BCUT2D eigenvalue weighted by atomic mass is 16.5.